The number of benzene rings is 1. The van der Waals surface area contributed by atoms with Crippen LogP contribution >= 0.6 is 0 Å². The number of aryl methyl sites for hydroxylation is 1. The lowest BCUT2D eigenvalue weighted by molar-refractivity contribution is 0.534. The zero-order valence-electron chi connectivity index (χ0n) is 11.9. The fraction of sp³-hybridized carbons (Fsp3) is 0.500. The third-order valence-electron chi connectivity index (χ3n) is 4.32. The van der Waals surface area contributed by atoms with Gasteiger partial charge in [-0.1, -0.05) is 18.2 Å². The van der Waals surface area contributed by atoms with Crippen LogP contribution in [0.5, 0.6) is 0 Å². The molecule has 0 spiro atoms. The third-order valence-corrected chi connectivity index (χ3v) is 4.32. The van der Waals surface area contributed by atoms with Crippen molar-refractivity contribution in [3.8, 4) is 0 Å². The molecular weight excluding hydrogens is 234 g/mol. The summed E-state index contributed by atoms with van der Waals surface area (Å²) in [5.74, 6) is 0.859. The molecule has 1 aromatic carbocycles. The van der Waals surface area contributed by atoms with Gasteiger partial charge in [0, 0.05) is 37.7 Å². The van der Waals surface area contributed by atoms with Crippen molar-refractivity contribution in [3.63, 3.8) is 0 Å². The molecule has 1 aromatic heterocycles. The summed E-state index contributed by atoms with van der Waals surface area (Å²) in [4.78, 5) is 2.40. The molecule has 1 aliphatic heterocycles. The van der Waals surface area contributed by atoms with Crippen molar-refractivity contribution < 1.29 is 0 Å². The molecule has 102 valence electrons. The Bertz CT molecular complexity index is 552. The van der Waals surface area contributed by atoms with Crippen LogP contribution in [-0.4, -0.2) is 31.2 Å². The largest absolute Gasteiger partial charge is 0.373 e. The lowest BCUT2D eigenvalue weighted by atomic mass is 10.0. The number of fused-ring (bicyclic) bond motifs is 1. The predicted octanol–water partition coefficient (Wildman–Crippen LogP) is 2.61. The Hall–Kier alpha value is -1.48. The number of rotatable bonds is 4. The van der Waals surface area contributed by atoms with Crippen LogP contribution in [0.25, 0.3) is 10.9 Å². The van der Waals surface area contributed by atoms with Gasteiger partial charge in [-0.2, -0.15) is 0 Å². The van der Waals surface area contributed by atoms with Crippen molar-refractivity contribution in [1.82, 2.24) is 9.88 Å². The highest BCUT2D eigenvalue weighted by Crippen LogP contribution is 2.28. The van der Waals surface area contributed by atoms with E-state index < -0.39 is 0 Å². The zero-order chi connectivity index (χ0) is 13.2. The van der Waals surface area contributed by atoms with Gasteiger partial charge in [0.05, 0.1) is 5.69 Å². The number of para-hydroxylation sites is 1. The van der Waals surface area contributed by atoms with Gasteiger partial charge in [-0.15, -0.1) is 0 Å². The molecule has 0 radical (unpaired) electrons. The Morgan fingerprint density at radius 2 is 2.21 bits per heavy atom. The zero-order valence-corrected chi connectivity index (χ0v) is 11.9. The van der Waals surface area contributed by atoms with E-state index in [0.717, 1.165) is 12.5 Å². The number of hydrogen-bond donors (Lipinski definition) is 1. The Morgan fingerprint density at radius 3 is 3.00 bits per heavy atom. The van der Waals surface area contributed by atoms with Crippen LogP contribution in [0.15, 0.2) is 30.5 Å². The summed E-state index contributed by atoms with van der Waals surface area (Å²) in [5.41, 5.74) is 2.66. The van der Waals surface area contributed by atoms with Gasteiger partial charge in [0.15, 0.2) is 0 Å². The fourth-order valence-electron chi connectivity index (χ4n) is 3.08. The van der Waals surface area contributed by atoms with E-state index in [-0.39, 0.29) is 0 Å². The molecule has 3 heteroatoms. The van der Waals surface area contributed by atoms with Crippen LogP contribution in [0.4, 0.5) is 5.69 Å². The monoisotopic (exact) mass is 257 g/mol. The van der Waals surface area contributed by atoms with Crippen molar-refractivity contribution in [2.45, 2.75) is 12.8 Å². The van der Waals surface area contributed by atoms with Gasteiger partial charge in [-0.25, -0.2) is 0 Å². The summed E-state index contributed by atoms with van der Waals surface area (Å²) in [7, 11) is 4.34. The van der Waals surface area contributed by atoms with Crippen LogP contribution in [0.2, 0.25) is 0 Å². The van der Waals surface area contributed by atoms with Crippen LogP contribution in [0, 0.1) is 5.92 Å². The molecule has 0 bridgehead atoms. The van der Waals surface area contributed by atoms with Crippen molar-refractivity contribution in [2.24, 2.45) is 13.0 Å². The molecule has 1 unspecified atom stereocenters. The Morgan fingerprint density at radius 1 is 1.37 bits per heavy atom. The smallest absolute Gasteiger partial charge is 0.0623 e. The van der Waals surface area contributed by atoms with Gasteiger partial charge in [0.25, 0.3) is 0 Å². The van der Waals surface area contributed by atoms with Gasteiger partial charge in [0.2, 0.25) is 0 Å². The minimum absolute atomic E-state index is 0.859. The van der Waals surface area contributed by atoms with E-state index in [1.807, 2.05) is 0 Å². The van der Waals surface area contributed by atoms with E-state index in [9.17, 15) is 0 Å². The van der Waals surface area contributed by atoms with E-state index in [1.54, 1.807) is 0 Å². The molecule has 1 fully saturated rings. The summed E-state index contributed by atoms with van der Waals surface area (Å²) in [6.45, 7) is 3.53. The van der Waals surface area contributed by atoms with E-state index in [1.165, 1.54) is 42.5 Å². The minimum atomic E-state index is 0.859. The van der Waals surface area contributed by atoms with Crippen molar-refractivity contribution >= 4 is 16.6 Å². The lowest BCUT2D eigenvalue weighted by Crippen LogP contribution is -2.21. The Labute approximate surface area is 115 Å². The van der Waals surface area contributed by atoms with Gasteiger partial charge in [0.1, 0.15) is 0 Å². The highest BCUT2D eigenvalue weighted by molar-refractivity contribution is 5.93. The Balaban J connectivity index is 1.75. The lowest BCUT2D eigenvalue weighted by Gasteiger charge is -2.20. The number of anilines is 1. The molecule has 0 saturated carbocycles. The molecular formula is C16H23N3. The summed E-state index contributed by atoms with van der Waals surface area (Å²) >= 11 is 0. The molecule has 1 N–H and O–H groups in total. The van der Waals surface area contributed by atoms with Crippen molar-refractivity contribution in [3.05, 3.63) is 30.5 Å². The maximum atomic E-state index is 3.45. The van der Waals surface area contributed by atoms with E-state index in [4.69, 9.17) is 0 Å². The fourth-order valence-corrected chi connectivity index (χ4v) is 3.08. The molecule has 19 heavy (non-hydrogen) atoms. The van der Waals surface area contributed by atoms with Crippen LogP contribution in [-0.2, 0) is 7.05 Å². The average molecular weight is 257 g/mol. The van der Waals surface area contributed by atoms with Gasteiger partial charge < -0.3 is 14.8 Å². The predicted molar refractivity (Wildman–Crippen MR) is 81.8 cm³/mol. The summed E-state index contributed by atoms with van der Waals surface area (Å²) in [6.07, 6.45) is 4.87. The van der Waals surface area contributed by atoms with E-state index in [0.29, 0.717) is 0 Å². The maximum Gasteiger partial charge on any atom is 0.0623 e. The van der Waals surface area contributed by atoms with Crippen LogP contribution < -0.4 is 10.2 Å². The SMILES string of the molecule is CN(CCC1CCNC1)c1cn(C)c2ccccc12. The number of nitrogens with one attached hydrogen (secondary N) is 1. The minimum Gasteiger partial charge on any atom is -0.373 e. The second-order valence-corrected chi connectivity index (χ2v) is 5.71. The average Bonchev–Trinajstić information content (AvgIpc) is 3.05. The first kappa shape index (κ1) is 12.5. The van der Waals surface area contributed by atoms with Crippen molar-refractivity contribution in [2.75, 3.05) is 31.6 Å². The third kappa shape index (κ3) is 2.47. The molecule has 2 aromatic rings. The van der Waals surface area contributed by atoms with Gasteiger partial charge in [-0.3, -0.25) is 0 Å². The standard InChI is InChI=1S/C16H23N3/c1-18(10-8-13-7-9-17-11-13)16-12-19(2)15-6-4-3-5-14(15)16/h3-6,12-13,17H,7-11H2,1-2H3. The molecule has 1 aliphatic rings. The van der Waals surface area contributed by atoms with Crippen LogP contribution in [0.1, 0.15) is 12.8 Å². The molecule has 3 nitrogen and oxygen atoms in total. The second-order valence-electron chi connectivity index (χ2n) is 5.71. The molecule has 1 atom stereocenters. The molecule has 2 heterocycles. The summed E-state index contributed by atoms with van der Waals surface area (Å²) < 4.78 is 2.22. The van der Waals surface area contributed by atoms with Gasteiger partial charge >= 0.3 is 0 Å². The summed E-state index contributed by atoms with van der Waals surface area (Å²) in [6, 6.07) is 8.64. The number of aromatic nitrogens is 1. The first-order valence-corrected chi connectivity index (χ1v) is 7.21. The first-order chi connectivity index (χ1) is 9.25. The Kier molecular flexibility index (Phi) is 3.47. The van der Waals surface area contributed by atoms with E-state index in [2.05, 4.69) is 59.3 Å². The van der Waals surface area contributed by atoms with Crippen molar-refractivity contribution in [1.29, 1.82) is 0 Å². The molecule has 0 amide bonds. The van der Waals surface area contributed by atoms with Crippen LogP contribution in [0.3, 0.4) is 0 Å². The second kappa shape index (κ2) is 5.25. The molecule has 1 saturated heterocycles. The number of hydrogen-bond acceptors (Lipinski definition) is 2. The van der Waals surface area contributed by atoms with Gasteiger partial charge in [-0.05, 0) is 37.9 Å². The normalized spacial score (nSPS) is 19.2. The highest BCUT2D eigenvalue weighted by Gasteiger charge is 2.16. The number of nitrogens with zero attached hydrogens (tertiary/aromatic N) is 2. The summed E-state index contributed by atoms with van der Waals surface area (Å²) in [5, 5.41) is 4.81. The molecule has 3 rings (SSSR count). The quantitative estimate of drug-likeness (QED) is 0.908. The van der Waals surface area contributed by atoms with E-state index >= 15 is 0 Å². The first-order valence-electron chi connectivity index (χ1n) is 7.21. The highest BCUT2D eigenvalue weighted by atomic mass is 15.1. The topological polar surface area (TPSA) is 20.2 Å². The maximum absolute atomic E-state index is 3.45. The molecule has 0 aliphatic carbocycles.